The van der Waals surface area contributed by atoms with Gasteiger partial charge in [-0.25, -0.2) is 0 Å². The lowest BCUT2D eigenvalue weighted by Crippen LogP contribution is -2.34. The maximum atomic E-state index is 12.3. The van der Waals surface area contributed by atoms with E-state index in [1.807, 2.05) is 0 Å². The summed E-state index contributed by atoms with van der Waals surface area (Å²) in [5, 5.41) is 2.77. The third kappa shape index (κ3) is 5.27. The van der Waals surface area contributed by atoms with Crippen molar-refractivity contribution in [1.29, 1.82) is 0 Å². The Morgan fingerprint density at radius 3 is 2.73 bits per heavy atom. The van der Waals surface area contributed by atoms with Crippen molar-refractivity contribution in [1.82, 2.24) is 4.90 Å². The molecule has 7 nitrogen and oxygen atoms in total. The first-order valence-electron chi connectivity index (χ1n) is 8.44. The first-order valence-corrected chi connectivity index (χ1v) is 8.44. The Labute approximate surface area is 152 Å². The minimum atomic E-state index is -0.366. The number of carbonyl (C=O) groups is 2. The third-order valence-corrected chi connectivity index (χ3v) is 3.68. The maximum absolute atomic E-state index is 12.3. The van der Waals surface area contributed by atoms with Crippen LogP contribution in [-0.4, -0.2) is 44.0 Å². The second-order valence-corrected chi connectivity index (χ2v) is 5.75. The van der Waals surface area contributed by atoms with Gasteiger partial charge in [-0.05, 0) is 30.7 Å². The maximum Gasteiger partial charge on any atom is 0.289 e. The van der Waals surface area contributed by atoms with Gasteiger partial charge in [0, 0.05) is 13.1 Å². The number of hydrogen-bond acceptors (Lipinski definition) is 5. The zero-order valence-electron chi connectivity index (χ0n) is 15.3. The molecule has 0 fully saturated rings. The van der Waals surface area contributed by atoms with Gasteiger partial charge >= 0.3 is 0 Å². The lowest BCUT2D eigenvalue weighted by molar-refractivity contribution is -0.116. The van der Waals surface area contributed by atoms with Crippen LogP contribution in [0.4, 0.5) is 5.69 Å². The largest absolute Gasteiger partial charge is 0.497 e. The van der Waals surface area contributed by atoms with E-state index in [-0.39, 0.29) is 24.1 Å². The van der Waals surface area contributed by atoms with Crippen LogP contribution in [0.5, 0.6) is 11.5 Å². The summed E-state index contributed by atoms with van der Waals surface area (Å²) in [5.41, 5.74) is 0.504. The molecule has 0 aliphatic rings. The second kappa shape index (κ2) is 9.50. The van der Waals surface area contributed by atoms with Crippen LogP contribution < -0.4 is 14.8 Å². The third-order valence-electron chi connectivity index (χ3n) is 3.68. The van der Waals surface area contributed by atoms with Gasteiger partial charge in [-0.15, -0.1) is 0 Å². The van der Waals surface area contributed by atoms with E-state index in [0.29, 0.717) is 23.8 Å². The Kier molecular flexibility index (Phi) is 7.08. The number of hydrogen-bond donors (Lipinski definition) is 1. The minimum absolute atomic E-state index is 0.120. The van der Waals surface area contributed by atoms with Crippen molar-refractivity contribution in [2.75, 3.05) is 32.6 Å². The molecule has 0 aliphatic heterocycles. The Morgan fingerprint density at radius 2 is 2.08 bits per heavy atom. The summed E-state index contributed by atoms with van der Waals surface area (Å²) in [4.78, 5) is 25.8. The van der Waals surface area contributed by atoms with Crippen molar-refractivity contribution >= 4 is 17.5 Å². The van der Waals surface area contributed by atoms with Gasteiger partial charge in [0.05, 0.1) is 32.2 Å². The number of furan rings is 1. The molecule has 0 saturated heterocycles. The summed E-state index contributed by atoms with van der Waals surface area (Å²) in [5.74, 6) is 0.636. The molecular weight excluding hydrogens is 336 g/mol. The molecule has 1 aromatic heterocycles. The average molecular weight is 360 g/mol. The molecule has 0 spiro atoms. The number of ether oxygens (including phenoxy) is 2. The summed E-state index contributed by atoms with van der Waals surface area (Å²) in [6, 6.07) is 8.38. The highest BCUT2D eigenvalue weighted by Crippen LogP contribution is 2.29. The van der Waals surface area contributed by atoms with Gasteiger partial charge in [0.15, 0.2) is 5.76 Å². The van der Waals surface area contributed by atoms with Crippen LogP contribution in [0.25, 0.3) is 0 Å². The summed E-state index contributed by atoms with van der Waals surface area (Å²) >= 11 is 0. The zero-order valence-corrected chi connectivity index (χ0v) is 15.3. The van der Waals surface area contributed by atoms with Crippen molar-refractivity contribution in [3.05, 3.63) is 42.4 Å². The van der Waals surface area contributed by atoms with Crippen molar-refractivity contribution in [2.24, 2.45) is 0 Å². The summed E-state index contributed by atoms with van der Waals surface area (Å²) < 4.78 is 16.0. The fourth-order valence-corrected chi connectivity index (χ4v) is 2.25. The molecule has 26 heavy (non-hydrogen) atoms. The molecular formula is C19H24N2O5. The topological polar surface area (TPSA) is 81.0 Å². The average Bonchev–Trinajstić information content (AvgIpc) is 3.16. The number of unbranched alkanes of at least 4 members (excludes halogenated alkanes) is 1. The quantitative estimate of drug-likeness (QED) is 0.695. The number of anilines is 1. The predicted octanol–water partition coefficient (Wildman–Crippen LogP) is 3.18. The van der Waals surface area contributed by atoms with E-state index in [1.165, 1.54) is 18.2 Å². The molecule has 1 aromatic carbocycles. The minimum Gasteiger partial charge on any atom is -0.497 e. The number of rotatable bonds is 9. The fraction of sp³-hybridized carbons (Fsp3) is 0.368. The van der Waals surface area contributed by atoms with E-state index in [1.54, 1.807) is 37.4 Å². The number of nitrogens with one attached hydrogen (secondary N) is 1. The SMILES string of the molecule is CCCCOc1ccc(OC)cc1NC(=O)CN(C)C(=O)c1ccco1. The summed E-state index contributed by atoms with van der Waals surface area (Å²) in [7, 11) is 3.09. The molecule has 0 unspecified atom stereocenters. The molecule has 0 aliphatic carbocycles. The van der Waals surface area contributed by atoms with E-state index in [2.05, 4.69) is 12.2 Å². The normalized spacial score (nSPS) is 10.3. The van der Waals surface area contributed by atoms with Crippen LogP contribution in [0.2, 0.25) is 0 Å². The molecule has 1 heterocycles. The predicted molar refractivity (Wildman–Crippen MR) is 97.7 cm³/mol. The van der Waals surface area contributed by atoms with Crippen molar-refractivity contribution < 1.29 is 23.5 Å². The Balaban J connectivity index is 2.03. The van der Waals surface area contributed by atoms with Gasteiger partial charge in [0.25, 0.3) is 5.91 Å². The van der Waals surface area contributed by atoms with Crippen LogP contribution in [0.3, 0.4) is 0 Å². The van der Waals surface area contributed by atoms with E-state index in [0.717, 1.165) is 12.8 Å². The highest BCUT2D eigenvalue weighted by molar-refractivity contribution is 5.98. The Hall–Kier alpha value is -2.96. The number of carbonyl (C=O) groups excluding carboxylic acids is 2. The van der Waals surface area contributed by atoms with Gasteiger partial charge < -0.3 is 24.1 Å². The molecule has 2 rings (SSSR count). The van der Waals surface area contributed by atoms with Crippen LogP contribution in [0, 0.1) is 0 Å². The molecule has 0 radical (unpaired) electrons. The van der Waals surface area contributed by atoms with E-state index in [4.69, 9.17) is 13.9 Å². The van der Waals surface area contributed by atoms with Crippen LogP contribution in [0.1, 0.15) is 30.3 Å². The van der Waals surface area contributed by atoms with Gasteiger partial charge in [-0.1, -0.05) is 13.3 Å². The van der Waals surface area contributed by atoms with E-state index < -0.39 is 0 Å². The van der Waals surface area contributed by atoms with Gasteiger partial charge in [0.2, 0.25) is 5.91 Å². The van der Waals surface area contributed by atoms with Crippen molar-refractivity contribution in [2.45, 2.75) is 19.8 Å². The molecule has 0 atom stereocenters. The molecule has 0 bridgehead atoms. The van der Waals surface area contributed by atoms with Crippen LogP contribution in [-0.2, 0) is 4.79 Å². The lowest BCUT2D eigenvalue weighted by atomic mass is 10.2. The number of methoxy groups -OCH3 is 1. The molecule has 0 saturated carbocycles. The number of nitrogens with zero attached hydrogens (tertiary/aromatic N) is 1. The van der Waals surface area contributed by atoms with Gasteiger partial charge in [-0.2, -0.15) is 0 Å². The molecule has 1 N–H and O–H groups in total. The summed E-state index contributed by atoms with van der Waals surface area (Å²) in [6.07, 6.45) is 3.34. The number of benzene rings is 1. The van der Waals surface area contributed by atoms with E-state index in [9.17, 15) is 9.59 Å². The number of likely N-dealkylation sites (N-methyl/N-ethyl adjacent to an activating group) is 1. The van der Waals surface area contributed by atoms with Gasteiger partial charge in [-0.3, -0.25) is 9.59 Å². The first-order chi connectivity index (χ1) is 12.5. The molecule has 140 valence electrons. The number of amides is 2. The van der Waals surface area contributed by atoms with Crippen LogP contribution in [0.15, 0.2) is 41.0 Å². The zero-order chi connectivity index (χ0) is 18.9. The Morgan fingerprint density at radius 1 is 1.27 bits per heavy atom. The molecule has 7 heteroatoms. The van der Waals surface area contributed by atoms with Crippen molar-refractivity contribution in [3.8, 4) is 11.5 Å². The van der Waals surface area contributed by atoms with E-state index >= 15 is 0 Å². The summed E-state index contributed by atoms with van der Waals surface area (Å²) in [6.45, 7) is 2.51. The standard InChI is InChI=1S/C19H24N2O5/c1-4-5-10-25-16-9-8-14(24-3)12-15(16)20-18(22)13-21(2)19(23)17-7-6-11-26-17/h6-9,11-12H,4-5,10,13H2,1-3H3,(H,20,22). The highest BCUT2D eigenvalue weighted by atomic mass is 16.5. The fourth-order valence-electron chi connectivity index (χ4n) is 2.25. The lowest BCUT2D eigenvalue weighted by Gasteiger charge is -2.17. The smallest absolute Gasteiger partial charge is 0.289 e. The van der Waals surface area contributed by atoms with Gasteiger partial charge in [0.1, 0.15) is 11.5 Å². The first kappa shape index (κ1) is 19.4. The monoisotopic (exact) mass is 360 g/mol. The van der Waals surface area contributed by atoms with Crippen LogP contribution >= 0.6 is 0 Å². The second-order valence-electron chi connectivity index (χ2n) is 5.75. The van der Waals surface area contributed by atoms with Crippen molar-refractivity contribution in [3.63, 3.8) is 0 Å². The highest BCUT2D eigenvalue weighted by Gasteiger charge is 2.18. The molecule has 2 amide bonds. The molecule has 2 aromatic rings. The Bertz CT molecular complexity index is 728.